The first-order chi connectivity index (χ1) is 8.55. The fourth-order valence-corrected chi connectivity index (χ4v) is 2.93. The Bertz CT molecular complexity index is 596. The second-order valence-corrected chi connectivity index (χ2v) is 5.38. The molecule has 0 aliphatic rings. The fraction of sp³-hybridized carbons (Fsp3) is 0.333. The molecule has 1 aromatic carbocycles. The van der Waals surface area contributed by atoms with Crippen molar-refractivity contribution in [2.24, 2.45) is 0 Å². The van der Waals surface area contributed by atoms with Crippen LogP contribution in [0.15, 0.2) is 29.2 Å². The Labute approximate surface area is 107 Å². The van der Waals surface area contributed by atoms with Crippen molar-refractivity contribution >= 4 is 10.0 Å². The highest BCUT2D eigenvalue weighted by atomic mass is 32.2. The maximum Gasteiger partial charge on any atom is 0.242 e. The molecule has 0 radical (unpaired) electrons. The summed E-state index contributed by atoms with van der Waals surface area (Å²) >= 11 is 0. The molecule has 0 saturated heterocycles. The average molecular weight is 263 g/mol. The summed E-state index contributed by atoms with van der Waals surface area (Å²) in [4.78, 5) is -0.0520. The van der Waals surface area contributed by atoms with Gasteiger partial charge in [-0.15, -0.1) is 0 Å². The lowest BCUT2D eigenvalue weighted by Gasteiger charge is -2.14. The summed E-state index contributed by atoms with van der Waals surface area (Å²) in [6.07, 6.45) is 0.617. The molecule has 0 aliphatic heterocycles. The number of hydrogen-bond acceptors (Lipinski definition) is 4. The van der Waals surface area contributed by atoms with Gasteiger partial charge in [0, 0.05) is 6.04 Å². The van der Waals surface area contributed by atoms with E-state index in [2.05, 4.69) is 4.72 Å². The second kappa shape index (κ2) is 6.15. The Kier molecular flexibility index (Phi) is 4.85. The van der Waals surface area contributed by atoms with E-state index >= 15 is 0 Å². The fourth-order valence-electron chi connectivity index (χ4n) is 1.46. The second-order valence-electron chi connectivity index (χ2n) is 3.70. The van der Waals surface area contributed by atoms with Crippen LogP contribution in [0.3, 0.4) is 0 Å². The minimum absolute atomic E-state index is 0.0520. The van der Waals surface area contributed by atoms with Crippen molar-refractivity contribution < 1.29 is 8.42 Å². The maximum absolute atomic E-state index is 12.1. The zero-order chi connectivity index (χ0) is 13.6. The quantitative estimate of drug-likeness (QED) is 0.871. The molecule has 1 aromatic rings. The van der Waals surface area contributed by atoms with Crippen LogP contribution in [0.1, 0.15) is 25.3 Å². The van der Waals surface area contributed by atoms with E-state index in [0.29, 0.717) is 6.42 Å². The lowest BCUT2D eigenvalue weighted by molar-refractivity contribution is 0.543. The summed E-state index contributed by atoms with van der Waals surface area (Å²) < 4.78 is 26.6. The smallest absolute Gasteiger partial charge is 0.207 e. The number of nitriles is 2. The van der Waals surface area contributed by atoms with E-state index in [1.807, 2.05) is 12.1 Å². The van der Waals surface area contributed by atoms with Gasteiger partial charge in [0.25, 0.3) is 0 Å². The van der Waals surface area contributed by atoms with E-state index in [9.17, 15) is 8.42 Å². The Morgan fingerprint density at radius 1 is 1.33 bits per heavy atom. The largest absolute Gasteiger partial charge is 0.242 e. The minimum Gasteiger partial charge on any atom is -0.207 e. The minimum atomic E-state index is -3.76. The van der Waals surface area contributed by atoms with Crippen LogP contribution in [0.2, 0.25) is 0 Å². The van der Waals surface area contributed by atoms with Gasteiger partial charge in [-0.1, -0.05) is 19.1 Å². The van der Waals surface area contributed by atoms with Crippen molar-refractivity contribution in [3.05, 3.63) is 29.8 Å². The van der Waals surface area contributed by atoms with Crippen molar-refractivity contribution in [2.45, 2.75) is 30.7 Å². The third-order valence-corrected chi connectivity index (χ3v) is 4.03. The number of hydrogen-bond donors (Lipinski definition) is 1. The van der Waals surface area contributed by atoms with E-state index in [1.165, 1.54) is 12.1 Å². The molecule has 94 valence electrons. The topological polar surface area (TPSA) is 93.8 Å². The SMILES string of the molecule is CCC(CC#N)NS(=O)(=O)c1ccccc1C#N. The number of sulfonamides is 1. The molecule has 0 amide bonds. The standard InChI is InChI=1S/C12H13N3O2S/c1-2-11(7-8-13)15-18(16,17)12-6-4-3-5-10(12)9-14/h3-6,11,15H,2,7H2,1H3. The number of rotatable bonds is 5. The van der Waals surface area contributed by atoms with E-state index in [4.69, 9.17) is 10.5 Å². The summed E-state index contributed by atoms with van der Waals surface area (Å²) in [5.74, 6) is 0. The van der Waals surface area contributed by atoms with Gasteiger partial charge in [0.15, 0.2) is 0 Å². The molecule has 5 nitrogen and oxygen atoms in total. The zero-order valence-electron chi connectivity index (χ0n) is 9.92. The van der Waals surface area contributed by atoms with Gasteiger partial charge in [-0.3, -0.25) is 0 Å². The zero-order valence-corrected chi connectivity index (χ0v) is 10.7. The Morgan fingerprint density at radius 2 is 2.00 bits per heavy atom. The lowest BCUT2D eigenvalue weighted by Crippen LogP contribution is -2.34. The Morgan fingerprint density at radius 3 is 2.56 bits per heavy atom. The summed E-state index contributed by atoms with van der Waals surface area (Å²) in [5.41, 5.74) is 0.0943. The van der Waals surface area contributed by atoms with Crippen molar-refractivity contribution in [3.63, 3.8) is 0 Å². The molecule has 0 aromatic heterocycles. The molecule has 0 heterocycles. The van der Waals surface area contributed by atoms with Gasteiger partial charge in [0.2, 0.25) is 10.0 Å². The molecule has 6 heteroatoms. The maximum atomic E-state index is 12.1. The molecule has 1 unspecified atom stereocenters. The lowest BCUT2D eigenvalue weighted by atomic mass is 10.2. The van der Waals surface area contributed by atoms with Gasteiger partial charge in [0.05, 0.1) is 22.9 Å². The van der Waals surface area contributed by atoms with Crippen molar-refractivity contribution in [1.29, 1.82) is 10.5 Å². The van der Waals surface area contributed by atoms with E-state index in [-0.39, 0.29) is 16.9 Å². The first-order valence-corrected chi connectivity index (χ1v) is 6.92. The monoisotopic (exact) mass is 263 g/mol. The predicted octanol–water partition coefficient (Wildman–Crippen LogP) is 1.53. The summed E-state index contributed by atoms with van der Waals surface area (Å²) in [5, 5.41) is 17.5. The van der Waals surface area contributed by atoms with Gasteiger partial charge < -0.3 is 0 Å². The molecule has 1 N–H and O–H groups in total. The molecule has 18 heavy (non-hydrogen) atoms. The molecule has 1 rings (SSSR count). The van der Waals surface area contributed by atoms with Gasteiger partial charge >= 0.3 is 0 Å². The number of nitrogens with one attached hydrogen (secondary N) is 1. The molecule has 0 saturated carbocycles. The molecular weight excluding hydrogens is 250 g/mol. The number of benzene rings is 1. The highest BCUT2D eigenvalue weighted by molar-refractivity contribution is 7.89. The molecule has 1 atom stereocenters. The van der Waals surface area contributed by atoms with Crippen LogP contribution >= 0.6 is 0 Å². The van der Waals surface area contributed by atoms with Crippen LogP contribution in [0.25, 0.3) is 0 Å². The molecule has 0 spiro atoms. The van der Waals surface area contributed by atoms with E-state index in [1.54, 1.807) is 19.1 Å². The highest BCUT2D eigenvalue weighted by Crippen LogP contribution is 2.15. The van der Waals surface area contributed by atoms with Crippen LogP contribution in [-0.2, 0) is 10.0 Å². The van der Waals surface area contributed by atoms with Gasteiger partial charge in [-0.05, 0) is 18.6 Å². The highest BCUT2D eigenvalue weighted by Gasteiger charge is 2.21. The van der Waals surface area contributed by atoms with Crippen LogP contribution in [-0.4, -0.2) is 14.5 Å². The Hall–Kier alpha value is -1.89. The summed E-state index contributed by atoms with van der Waals surface area (Å²) in [6.45, 7) is 1.79. The normalized spacial score (nSPS) is 12.4. The predicted molar refractivity (Wildman–Crippen MR) is 65.8 cm³/mol. The van der Waals surface area contributed by atoms with Gasteiger partial charge in [-0.2, -0.15) is 10.5 Å². The van der Waals surface area contributed by atoms with Crippen molar-refractivity contribution in [3.8, 4) is 12.1 Å². The Balaban J connectivity index is 3.08. The first-order valence-electron chi connectivity index (χ1n) is 5.43. The third kappa shape index (κ3) is 3.30. The van der Waals surface area contributed by atoms with Crippen LogP contribution in [0.4, 0.5) is 0 Å². The van der Waals surface area contributed by atoms with Crippen molar-refractivity contribution in [2.75, 3.05) is 0 Å². The van der Waals surface area contributed by atoms with Crippen LogP contribution < -0.4 is 4.72 Å². The van der Waals surface area contributed by atoms with E-state index < -0.39 is 16.1 Å². The molecule has 0 fully saturated rings. The molecule has 0 bridgehead atoms. The van der Waals surface area contributed by atoms with Gasteiger partial charge in [-0.25, -0.2) is 13.1 Å². The number of nitrogens with zero attached hydrogens (tertiary/aromatic N) is 2. The average Bonchev–Trinajstić information content (AvgIpc) is 2.38. The summed E-state index contributed by atoms with van der Waals surface area (Å²) in [6, 6.07) is 9.31. The van der Waals surface area contributed by atoms with Crippen LogP contribution in [0, 0.1) is 22.7 Å². The third-order valence-electron chi connectivity index (χ3n) is 2.45. The van der Waals surface area contributed by atoms with E-state index in [0.717, 1.165) is 0 Å². The van der Waals surface area contributed by atoms with Gasteiger partial charge in [0.1, 0.15) is 6.07 Å². The van der Waals surface area contributed by atoms with Crippen molar-refractivity contribution in [1.82, 2.24) is 4.72 Å². The van der Waals surface area contributed by atoms with Crippen LogP contribution in [0.5, 0.6) is 0 Å². The molecular formula is C12H13N3O2S. The first kappa shape index (κ1) is 14.2. The molecule has 0 aliphatic carbocycles. The summed E-state index contributed by atoms with van der Waals surface area (Å²) in [7, 11) is -3.76.